The van der Waals surface area contributed by atoms with Gasteiger partial charge in [0.15, 0.2) is 0 Å². The molecule has 0 heterocycles. The number of anilines is 1. The molecule has 4 nitrogen and oxygen atoms in total. The Morgan fingerprint density at radius 3 is 2.67 bits per heavy atom. The number of nitrogens with one attached hydrogen (secondary N) is 2. The largest absolute Gasteiger partial charge is 0.344 e. The Morgan fingerprint density at radius 2 is 2.17 bits per heavy atom. The SMILES string of the molecule is CC(=O)NC(CS)C(=O)Nc1ccc(Cl)cc1F. The van der Waals surface area contributed by atoms with Gasteiger partial charge in [-0.05, 0) is 18.2 Å². The van der Waals surface area contributed by atoms with E-state index in [1.807, 2.05) is 0 Å². The molecule has 0 saturated carbocycles. The molecule has 1 rings (SSSR count). The van der Waals surface area contributed by atoms with E-state index in [4.69, 9.17) is 11.6 Å². The normalized spacial score (nSPS) is 11.8. The maximum absolute atomic E-state index is 13.4. The minimum absolute atomic E-state index is 0.00142. The minimum atomic E-state index is -0.819. The van der Waals surface area contributed by atoms with E-state index in [1.165, 1.54) is 19.1 Å². The summed E-state index contributed by atoms with van der Waals surface area (Å²) in [5.74, 6) is -1.43. The summed E-state index contributed by atoms with van der Waals surface area (Å²) in [5.41, 5.74) is 0.00142. The molecule has 1 atom stereocenters. The molecule has 0 aliphatic carbocycles. The summed E-state index contributed by atoms with van der Waals surface area (Å²) < 4.78 is 13.4. The van der Waals surface area contributed by atoms with Crippen molar-refractivity contribution in [1.29, 1.82) is 0 Å². The van der Waals surface area contributed by atoms with E-state index in [0.717, 1.165) is 6.07 Å². The fraction of sp³-hybridized carbons (Fsp3) is 0.273. The van der Waals surface area contributed by atoms with Gasteiger partial charge in [0, 0.05) is 17.7 Å². The first-order valence-corrected chi connectivity index (χ1v) is 6.09. The van der Waals surface area contributed by atoms with Gasteiger partial charge >= 0.3 is 0 Å². The number of rotatable bonds is 4. The second-order valence-corrected chi connectivity index (χ2v) is 4.35. The Morgan fingerprint density at radius 1 is 1.50 bits per heavy atom. The topological polar surface area (TPSA) is 58.2 Å². The molecule has 18 heavy (non-hydrogen) atoms. The molecule has 1 aromatic carbocycles. The number of halogens is 2. The highest BCUT2D eigenvalue weighted by Crippen LogP contribution is 2.18. The second kappa shape index (κ2) is 6.61. The van der Waals surface area contributed by atoms with Crippen LogP contribution in [0.2, 0.25) is 5.02 Å². The molecule has 0 fully saturated rings. The molecule has 98 valence electrons. The summed E-state index contributed by atoms with van der Waals surface area (Å²) in [6.07, 6.45) is 0. The molecule has 0 aliphatic rings. The van der Waals surface area contributed by atoms with Gasteiger partial charge in [-0.1, -0.05) is 11.6 Å². The lowest BCUT2D eigenvalue weighted by Crippen LogP contribution is -2.44. The summed E-state index contributed by atoms with van der Waals surface area (Å²) >= 11 is 9.54. The molecule has 0 saturated heterocycles. The number of hydrogen-bond acceptors (Lipinski definition) is 3. The number of benzene rings is 1. The third kappa shape index (κ3) is 4.19. The molecule has 0 spiro atoms. The van der Waals surface area contributed by atoms with E-state index in [0.29, 0.717) is 0 Å². The summed E-state index contributed by atoms with van der Waals surface area (Å²) in [7, 11) is 0. The molecular weight excluding hydrogens is 279 g/mol. The Balaban J connectivity index is 2.76. The second-order valence-electron chi connectivity index (χ2n) is 3.55. The highest BCUT2D eigenvalue weighted by molar-refractivity contribution is 7.80. The lowest BCUT2D eigenvalue weighted by Gasteiger charge is -2.15. The molecule has 2 N–H and O–H groups in total. The van der Waals surface area contributed by atoms with Crippen LogP contribution in [-0.2, 0) is 9.59 Å². The molecule has 0 bridgehead atoms. The molecule has 1 unspecified atom stereocenters. The van der Waals surface area contributed by atoms with Gasteiger partial charge in [0.1, 0.15) is 11.9 Å². The number of amides is 2. The third-order valence-corrected chi connectivity index (χ3v) is 2.67. The number of carbonyl (C=O) groups is 2. The van der Waals surface area contributed by atoms with Gasteiger partial charge in [-0.3, -0.25) is 9.59 Å². The van der Waals surface area contributed by atoms with Gasteiger partial charge < -0.3 is 10.6 Å². The monoisotopic (exact) mass is 290 g/mol. The number of thiol groups is 1. The van der Waals surface area contributed by atoms with Crippen molar-refractivity contribution in [2.45, 2.75) is 13.0 Å². The Hall–Kier alpha value is -1.27. The van der Waals surface area contributed by atoms with E-state index in [1.54, 1.807) is 0 Å². The summed E-state index contributed by atoms with van der Waals surface area (Å²) in [5, 5.41) is 5.00. The van der Waals surface area contributed by atoms with Gasteiger partial charge in [-0.15, -0.1) is 0 Å². The fourth-order valence-electron chi connectivity index (χ4n) is 1.25. The van der Waals surface area contributed by atoms with E-state index < -0.39 is 17.8 Å². The van der Waals surface area contributed by atoms with E-state index in [-0.39, 0.29) is 22.4 Å². The number of hydrogen-bond donors (Lipinski definition) is 3. The van der Waals surface area contributed by atoms with Gasteiger partial charge in [-0.2, -0.15) is 12.6 Å². The van der Waals surface area contributed by atoms with Crippen LogP contribution in [0.3, 0.4) is 0 Å². The maximum atomic E-state index is 13.4. The smallest absolute Gasteiger partial charge is 0.247 e. The Labute approximate surface area is 114 Å². The van der Waals surface area contributed by atoms with Crippen molar-refractivity contribution in [2.24, 2.45) is 0 Å². The summed E-state index contributed by atoms with van der Waals surface area (Å²) in [6, 6.07) is 3.07. The molecule has 7 heteroatoms. The average Bonchev–Trinajstić information content (AvgIpc) is 2.29. The van der Waals surface area contributed by atoms with Crippen molar-refractivity contribution in [3.63, 3.8) is 0 Å². The summed E-state index contributed by atoms with van der Waals surface area (Å²) in [6.45, 7) is 1.28. The van der Waals surface area contributed by atoms with Crippen LogP contribution < -0.4 is 10.6 Å². The Bertz CT molecular complexity index is 470. The standard InChI is InChI=1S/C11H12ClFN2O2S/c1-6(16)14-10(5-18)11(17)15-9-3-2-7(12)4-8(9)13/h2-4,10,18H,5H2,1H3,(H,14,16)(H,15,17). The zero-order chi connectivity index (χ0) is 13.7. The summed E-state index contributed by atoms with van der Waals surface area (Å²) in [4.78, 5) is 22.6. The van der Waals surface area contributed by atoms with E-state index in [2.05, 4.69) is 23.3 Å². The van der Waals surface area contributed by atoms with Crippen LogP contribution in [0.15, 0.2) is 18.2 Å². The van der Waals surface area contributed by atoms with Crippen molar-refractivity contribution >= 4 is 41.7 Å². The Kier molecular flexibility index (Phi) is 5.43. The van der Waals surface area contributed by atoms with Crippen LogP contribution in [0.5, 0.6) is 0 Å². The van der Waals surface area contributed by atoms with Crippen LogP contribution in [0.25, 0.3) is 0 Å². The molecule has 0 aliphatic heterocycles. The minimum Gasteiger partial charge on any atom is -0.344 e. The zero-order valence-electron chi connectivity index (χ0n) is 9.54. The first kappa shape index (κ1) is 14.8. The lowest BCUT2D eigenvalue weighted by atomic mass is 10.2. The first-order valence-electron chi connectivity index (χ1n) is 5.08. The van der Waals surface area contributed by atoms with Crippen LogP contribution in [0, 0.1) is 5.82 Å². The van der Waals surface area contributed by atoms with Gasteiger partial charge in [0.05, 0.1) is 5.69 Å². The van der Waals surface area contributed by atoms with Crippen molar-refractivity contribution in [2.75, 3.05) is 11.1 Å². The van der Waals surface area contributed by atoms with Crippen molar-refractivity contribution in [1.82, 2.24) is 5.32 Å². The highest BCUT2D eigenvalue weighted by Gasteiger charge is 2.18. The van der Waals surface area contributed by atoms with Crippen molar-refractivity contribution in [3.05, 3.63) is 29.0 Å². The molecule has 0 radical (unpaired) electrons. The predicted molar refractivity (Wildman–Crippen MR) is 71.5 cm³/mol. The van der Waals surface area contributed by atoms with Gasteiger partial charge in [0.2, 0.25) is 11.8 Å². The molecule has 0 aromatic heterocycles. The first-order chi connectivity index (χ1) is 8.43. The van der Waals surface area contributed by atoms with Crippen LogP contribution in [-0.4, -0.2) is 23.6 Å². The quantitative estimate of drug-likeness (QED) is 0.741. The molecule has 1 aromatic rings. The predicted octanol–water partition coefficient (Wildman–Crippen LogP) is 1.85. The number of carbonyl (C=O) groups excluding carboxylic acids is 2. The van der Waals surface area contributed by atoms with Crippen LogP contribution in [0.1, 0.15) is 6.92 Å². The average molecular weight is 291 g/mol. The third-order valence-electron chi connectivity index (χ3n) is 2.07. The van der Waals surface area contributed by atoms with Crippen LogP contribution in [0.4, 0.5) is 10.1 Å². The van der Waals surface area contributed by atoms with Crippen molar-refractivity contribution in [3.8, 4) is 0 Å². The fourth-order valence-corrected chi connectivity index (χ4v) is 1.67. The van der Waals surface area contributed by atoms with Crippen molar-refractivity contribution < 1.29 is 14.0 Å². The van der Waals surface area contributed by atoms with Gasteiger partial charge in [-0.25, -0.2) is 4.39 Å². The molecular formula is C11H12ClFN2O2S. The van der Waals surface area contributed by atoms with Crippen LogP contribution >= 0.6 is 24.2 Å². The maximum Gasteiger partial charge on any atom is 0.247 e. The van der Waals surface area contributed by atoms with Gasteiger partial charge in [0.25, 0.3) is 0 Å². The highest BCUT2D eigenvalue weighted by atomic mass is 35.5. The zero-order valence-corrected chi connectivity index (χ0v) is 11.2. The van der Waals surface area contributed by atoms with E-state index >= 15 is 0 Å². The lowest BCUT2D eigenvalue weighted by molar-refractivity contribution is -0.124. The van der Waals surface area contributed by atoms with E-state index in [9.17, 15) is 14.0 Å². The molecule has 2 amide bonds.